The summed E-state index contributed by atoms with van der Waals surface area (Å²) in [5.41, 5.74) is 4.10. The molecule has 0 aliphatic heterocycles. The highest BCUT2D eigenvalue weighted by atomic mass is 16.4. The van der Waals surface area contributed by atoms with E-state index in [9.17, 15) is 4.79 Å². The molecule has 0 aliphatic carbocycles. The number of nitrogens with zero attached hydrogens (tertiary/aromatic N) is 3. The molecule has 0 saturated heterocycles. The number of aromatic nitrogens is 1. The molecular formula is C20H19N3O2. The summed E-state index contributed by atoms with van der Waals surface area (Å²) in [7, 11) is 4.02. The van der Waals surface area contributed by atoms with Gasteiger partial charge in [0.25, 0.3) is 0 Å². The standard InChI is InChI=1S/C20H19N3O2/c1-22(2)17-9-11-18(12-10-17)23-13-3-4-19(23)14-21-16-7-5-15(6-8-16)20(24)25/h3-14H,1-2H3,(H,24,25). The highest BCUT2D eigenvalue weighted by Crippen LogP contribution is 2.18. The van der Waals surface area contributed by atoms with E-state index < -0.39 is 5.97 Å². The molecule has 0 radical (unpaired) electrons. The Labute approximate surface area is 146 Å². The van der Waals surface area contributed by atoms with Gasteiger partial charge in [-0.3, -0.25) is 4.99 Å². The first-order valence-corrected chi connectivity index (χ1v) is 7.87. The quantitative estimate of drug-likeness (QED) is 0.718. The summed E-state index contributed by atoms with van der Waals surface area (Å²) in [6.07, 6.45) is 3.76. The van der Waals surface area contributed by atoms with Gasteiger partial charge in [-0.05, 0) is 60.7 Å². The van der Waals surface area contributed by atoms with Crippen LogP contribution in [0.15, 0.2) is 71.9 Å². The van der Waals surface area contributed by atoms with Crippen LogP contribution < -0.4 is 4.90 Å². The Morgan fingerprint density at radius 3 is 2.32 bits per heavy atom. The van der Waals surface area contributed by atoms with Gasteiger partial charge in [0, 0.05) is 31.7 Å². The van der Waals surface area contributed by atoms with Crippen molar-refractivity contribution in [1.82, 2.24) is 4.57 Å². The van der Waals surface area contributed by atoms with Gasteiger partial charge in [-0.2, -0.15) is 0 Å². The molecule has 3 aromatic rings. The van der Waals surface area contributed by atoms with Crippen LogP contribution in [0.4, 0.5) is 11.4 Å². The molecule has 0 atom stereocenters. The number of rotatable bonds is 5. The van der Waals surface area contributed by atoms with Gasteiger partial charge in [-0.25, -0.2) is 4.79 Å². The first kappa shape index (κ1) is 16.5. The predicted molar refractivity (Wildman–Crippen MR) is 101 cm³/mol. The van der Waals surface area contributed by atoms with E-state index in [-0.39, 0.29) is 5.56 Å². The van der Waals surface area contributed by atoms with Crippen LogP contribution in [0.1, 0.15) is 16.1 Å². The summed E-state index contributed by atoms with van der Waals surface area (Å²) >= 11 is 0. The predicted octanol–water partition coefficient (Wildman–Crippen LogP) is 3.99. The van der Waals surface area contributed by atoms with Crippen molar-refractivity contribution >= 4 is 23.6 Å². The van der Waals surface area contributed by atoms with Crippen molar-refractivity contribution in [1.29, 1.82) is 0 Å². The zero-order valence-electron chi connectivity index (χ0n) is 14.1. The summed E-state index contributed by atoms with van der Waals surface area (Å²) in [4.78, 5) is 17.4. The molecule has 0 unspecified atom stereocenters. The maximum Gasteiger partial charge on any atom is 0.335 e. The van der Waals surface area contributed by atoms with Crippen molar-refractivity contribution in [2.75, 3.05) is 19.0 Å². The fourth-order valence-electron chi connectivity index (χ4n) is 2.48. The van der Waals surface area contributed by atoms with E-state index in [0.29, 0.717) is 5.69 Å². The van der Waals surface area contributed by atoms with Gasteiger partial charge in [0.2, 0.25) is 0 Å². The topological polar surface area (TPSA) is 57.8 Å². The summed E-state index contributed by atoms with van der Waals surface area (Å²) in [5, 5.41) is 8.93. The van der Waals surface area contributed by atoms with E-state index >= 15 is 0 Å². The van der Waals surface area contributed by atoms with Crippen LogP contribution in [0.3, 0.4) is 0 Å². The summed E-state index contributed by atoms with van der Waals surface area (Å²) in [6.45, 7) is 0. The molecule has 1 heterocycles. The van der Waals surface area contributed by atoms with Crippen LogP contribution in [0.2, 0.25) is 0 Å². The average molecular weight is 333 g/mol. The maximum atomic E-state index is 10.9. The number of hydrogen-bond donors (Lipinski definition) is 1. The Kier molecular flexibility index (Phi) is 4.66. The largest absolute Gasteiger partial charge is 0.478 e. The molecule has 0 saturated carbocycles. The zero-order valence-corrected chi connectivity index (χ0v) is 14.1. The monoisotopic (exact) mass is 333 g/mol. The van der Waals surface area contributed by atoms with Crippen molar-refractivity contribution in [2.45, 2.75) is 0 Å². The second kappa shape index (κ2) is 7.05. The number of benzene rings is 2. The Balaban J connectivity index is 1.82. The Morgan fingerprint density at radius 1 is 1.04 bits per heavy atom. The van der Waals surface area contributed by atoms with Crippen LogP contribution in [-0.2, 0) is 0 Å². The number of aromatic carboxylic acids is 1. The normalized spacial score (nSPS) is 11.0. The average Bonchev–Trinajstić information content (AvgIpc) is 3.09. The van der Waals surface area contributed by atoms with E-state index in [1.54, 1.807) is 30.5 Å². The third-order valence-corrected chi connectivity index (χ3v) is 3.88. The molecule has 5 heteroatoms. The van der Waals surface area contributed by atoms with Crippen LogP contribution in [-0.4, -0.2) is 36.0 Å². The number of aliphatic imine (C=N–C) groups is 1. The molecule has 0 spiro atoms. The van der Waals surface area contributed by atoms with Gasteiger partial charge in [-0.15, -0.1) is 0 Å². The lowest BCUT2D eigenvalue weighted by Gasteiger charge is -2.13. The molecule has 0 bridgehead atoms. The molecular weight excluding hydrogens is 314 g/mol. The first-order valence-electron chi connectivity index (χ1n) is 7.87. The Morgan fingerprint density at radius 2 is 1.72 bits per heavy atom. The lowest BCUT2D eigenvalue weighted by molar-refractivity contribution is 0.0697. The third-order valence-electron chi connectivity index (χ3n) is 3.88. The summed E-state index contributed by atoms with van der Waals surface area (Å²) in [5.74, 6) is -0.939. The smallest absolute Gasteiger partial charge is 0.335 e. The fraction of sp³-hybridized carbons (Fsp3) is 0.100. The molecule has 25 heavy (non-hydrogen) atoms. The summed E-state index contributed by atoms with van der Waals surface area (Å²) < 4.78 is 2.05. The van der Waals surface area contributed by atoms with Gasteiger partial charge in [0.1, 0.15) is 0 Å². The lowest BCUT2D eigenvalue weighted by Crippen LogP contribution is -2.08. The number of hydrogen-bond acceptors (Lipinski definition) is 3. The zero-order chi connectivity index (χ0) is 17.8. The van der Waals surface area contributed by atoms with Crippen molar-refractivity contribution in [3.05, 3.63) is 78.1 Å². The van der Waals surface area contributed by atoms with Gasteiger partial charge in [0.15, 0.2) is 0 Å². The van der Waals surface area contributed by atoms with E-state index in [4.69, 9.17) is 5.11 Å². The molecule has 1 aromatic heterocycles. The first-order chi connectivity index (χ1) is 12.0. The van der Waals surface area contributed by atoms with Crippen LogP contribution in [0.5, 0.6) is 0 Å². The number of carbonyl (C=O) groups is 1. The van der Waals surface area contributed by atoms with Gasteiger partial charge >= 0.3 is 5.97 Å². The minimum atomic E-state index is -0.939. The molecule has 2 aromatic carbocycles. The number of anilines is 1. The van der Waals surface area contributed by atoms with E-state index in [2.05, 4.69) is 38.7 Å². The van der Waals surface area contributed by atoms with Crippen molar-refractivity contribution < 1.29 is 9.90 Å². The SMILES string of the molecule is CN(C)c1ccc(-n2cccc2C=Nc2ccc(C(=O)O)cc2)cc1. The van der Waals surface area contributed by atoms with Crippen LogP contribution >= 0.6 is 0 Å². The maximum absolute atomic E-state index is 10.9. The third kappa shape index (κ3) is 3.77. The molecule has 0 amide bonds. The highest BCUT2D eigenvalue weighted by molar-refractivity contribution is 5.88. The summed E-state index contributed by atoms with van der Waals surface area (Å²) in [6, 6.07) is 18.7. The molecule has 126 valence electrons. The van der Waals surface area contributed by atoms with E-state index in [0.717, 1.165) is 17.1 Å². The molecule has 0 aliphatic rings. The molecule has 1 N–H and O–H groups in total. The Hall–Kier alpha value is -3.34. The number of carboxylic acids is 1. The number of carboxylic acid groups (broad SMARTS) is 1. The minimum absolute atomic E-state index is 0.253. The lowest BCUT2D eigenvalue weighted by atomic mass is 10.2. The van der Waals surface area contributed by atoms with Crippen molar-refractivity contribution in [3.8, 4) is 5.69 Å². The van der Waals surface area contributed by atoms with E-state index in [1.807, 2.05) is 32.4 Å². The van der Waals surface area contributed by atoms with Crippen LogP contribution in [0, 0.1) is 0 Å². The second-order valence-corrected chi connectivity index (χ2v) is 5.82. The van der Waals surface area contributed by atoms with Crippen molar-refractivity contribution in [2.24, 2.45) is 4.99 Å². The molecule has 3 rings (SSSR count). The Bertz CT molecular complexity index is 891. The van der Waals surface area contributed by atoms with E-state index in [1.165, 1.54) is 0 Å². The van der Waals surface area contributed by atoms with Gasteiger partial charge < -0.3 is 14.6 Å². The molecule has 5 nitrogen and oxygen atoms in total. The van der Waals surface area contributed by atoms with Crippen LogP contribution in [0.25, 0.3) is 5.69 Å². The minimum Gasteiger partial charge on any atom is -0.478 e. The highest BCUT2D eigenvalue weighted by Gasteiger charge is 2.03. The van der Waals surface area contributed by atoms with Gasteiger partial charge in [-0.1, -0.05) is 0 Å². The molecule has 0 fully saturated rings. The van der Waals surface area contributed by atoms with Gasteiger partial charge in [0.05, 0.1) is 23.2 Å². The van der Waals surface area contributed by atoms with Crippen molar-refractivity contribution in [3.63, 3.8) is 0 Å². The second-order valence-electron chi connectivity index (χ2n) is 5.82. The fourth-order valence-corrected chi connectivity index (χ4v) is 2.48.